The van der Waals surface area contributed by atoms with Crippen molar-refractivity contribution >= 4 is 32.6 Å². The summed E-state index contributed by atoms with van der Waals surface area (Å²) in [6, 6.07) is 7.74. The Morgan fingerprint density at radius 2 is 1.92 bits per heavy atom. The molecule has 2 aromatic rings. The summed E-state index contributed by atoms with van der Waals surface area (Å²) in [5.41, 5.74) is 3.10. The second-order valence-corrected chi connectivity index (χ2v) is 8.82. The molecule has 0 saturated carbocycles. The monoisotopic (exact) mass is 378 g/mol. The molecule has 1 aromatic heterocycles. The van der Waals surface area contributed by atoms with E-state index in [0.717, 1.165) is 23.1 Å². The van der Waals surface area contributed by atoms with Gasteiger partial charge in [-0.2, -0.15) is 0 Å². The lowest BCUT2D eigenvalue weighted by molar-refractivity contribution is 0.238. The molecule has 1 aromatic carbocycles. The van der Waals surface area contributed by atoms with Crippen LogP contribution in [-0.2, 0) is 16.6 Å². The van der Waals surface area contributed by atoms with Gasteiger partial charge in [0.1, 0.15) is 0 Å². The van der Waals surface area contributed by atoms with Crippen molar-refractivity contribution in [3.8, 4) is 0 Å². The number of piperidine rings is 1. The van der Waals surface area contributed by atoms with Gasteiger partial charge in [-0.3, -0.25) is 0 Å². The molecule has 2 amide bonds. The summed E-state index contributed by atoms with van der Waals surface area (Å²) < 4.78 is 26.8. The van der Waals surface area contributed by atoms with E-state index in [4.69, 9.17) is 0 Å². The molecule has 3 rings (SSSR count). The van der Waals surface area contributed by atoms with E-state index in [1.165, 1.54) is 16.3 Å². The first-order chi connectivity index (χ1) is 12.3. The Hall–Kier alpha value is -2.06. The summed E-state index contributed by atoms with van der Waals surface area (Å²) in [5.74, 6) is 0. The van der Waals surface area contributed by atoms with Crippen molar-refractivity contribution in [3.05, 3.63) is 30.0 Å². The fraction of sp³-hybridized carbons (Fsp3) is 0.500. The predicted molar refractivity (Wildman–Crippen MR) is 104 cm³/mol. The number of benzene rings is 1. The van der Waals surface area contributed by atoms with Crippen LogP contribution in [0.4, 0.5) is 10.5 Å². The molecule has 142 valence electrons. The number of aromatic nitrogens is 1. The molecular weight excluding hydrogens is 352 g/mol. The third-order valence-electron chi connectivity index (χ3n) is 4.94. The average molecular weight is 378 g/mol. The minimum Gasteiger partial charge on any atom is -0.345 e. The second kappa shape index (κ2) is 7.28. The molecule has 0 radical (unpaired) electrons. The summed E-state index contributed by atoms with van der Waals surface area (Å²) in [4.78, 5) is 12.3. The Balaban J connectivity index is 1.59. The van der Waals surface area contributed by atoms with Crippen LogP contribution in [0.3, 0.4) is 0 Å². The summed E-state index contributed by atoms with van der Waals surface area (Å²) >= 11 is 0. The van der Waals surface area contributed by atoms with Gasteiger partial charge in [0.25, 0.3) is 0 Å². The molecule has 2 heterocycles. The van der Waals surface area contributed by atoms with Gasteiger partial charge in [0.15, 0.2) is 0 Å². The number of hydrogen-bond acceptors (Lipinski definition) is 3. The van der Waals surface area contributed by atoms with Crippen molar-refractivity contribution in [2.45, 2.75) is 39.3 Å². The van der Waals surface area contributed by atoms with E-state index in [-0.39, 0.29) is 12.1 Å². The first kappa shape index (κ1) is 18.7. The molecule has 1 aliphatic heterocycles. The molecule has 8 heteroatoms. The normalized spacial score (nSPS) is 16.7. The maximum Gasteiger partial charge on any atom is 0.319 e. The van der Waals surface area contributed by atoms with E-state index in [1.807, 2.05) is 18.2 Å². The van der Waals surface area contributed by atoms with Gasteiger partial charge in [-0.05, 0) is 51.0 Å². The van der Waals surface area contributed by atoms with Crippen molar-refractivity contribution < 1.29 is 13.2 Å². The number of carbonyl (C=O) groups is 1. The van der Waals surface area contributed by atoms with Crippen molar-refractivity contribution in [3.63, 3.8) is 0 Å². The zero-order chi connectivity index (χ0) is 18.9. The van der Waals surface area contributed by atoms with E-state index in [1.54, 1.807) is 0 Å². The number of fused-ring (bicyclic) bond motifs is 1. The molecule has 0 spiro atoms. The second-order valence-electron chi connectivity index (χ2n) is 6.84. The molecule has 2 N–H and O–H groups in total. The first-order valence-corrected chi connectivity index (χ1v) is 10.8. The number of amides is 2. The van der Waals surface area contributed by atoms with Crippen LogP contribution in [0.25, 0.3) is 10.9 Å². The highest BCUT2D eigenvalue weighted by atomic mass is 32.2. The summed E-state index contributed by atoms with van der Waals surface area (Å²) in [6.07, 6.45) is 2.47. The van der Waals surface area contributed by atoms with E-state index >= 15 is 0 Å². The number of nitrogens with zero attached hydrogens (tertiary/aromatic N) is 2. The van der Waals surface area contributed by atoms with Crippen LogP contribution < -0.4 is 10.6 Å². The highest BCUT2D eigenvalue weighted by Gasteiger charge is 2.25. The van der Waals surface area contributed by atoms with Crippen LogP contribution in [0.2, 0.25) is 0 Å². The van der Waals surface area contributed by atoms with Crippen molar-refractivity contribution in [2.24, 2.45) is 0 Å². The van der Waals surface area contributed by atoms with Gasteiger partial charge in [0.05, 0.1) is 6.26 Å². The van der Waals surface area contributed by atoms with Crippen LogP contribution in [-0.4, -0.2) is 48.7 Å². The lowest BCUT2D eigenvalue weighted by atomic mass is 10.1. The molecule has 0 aliphatic carbocycles. The van der Waals surface area contributed by atoms with E-state index < -0.39 is 10.0 Å². The SMILES string of the molecule is CCn1c(C)cc2cc(NC(=O)NC3CCN(S(C)(=O)=O)CC3)ccc21. The zero-order valence-electron chi connectivity index (χ0n) is 15.4. The Labute approximate surface area is 154 Å². The number of aryl methyl sites for hydroxylation is 2. The van der Waals surface area contributed by atoms with E-state index in [9.17, 15) is 13.2 Å². The van der Waals surface area contributed by atoms with Crippen LogP contribution >= 0.6 is 0 Å². The van der Waals surface area contributed by atoms with E-state index in [0.29, 0.717) is 25.9 Å². The summed E-state index contributed by atoms with van der Waals surface area (Å²) in [5, 5.41) is 6.92. The molecule has 26 heavy (non-hydrogen) atoms. The highest BCUT2D eigenvalue weighted by Crippen LogP contribution is 2.23. The summed E-state index contributed by atoms with van der Waals surface area (Å²) in [6.45, 7) is 5.99. The van der Waals surface area contributed by atoms with Crippen molar-refractivity contribution in [2.75, 3.05) is 24.7 Å². The van der Waals surface area contributed by atoms with Gasteiger partial charge < -0.3 is 15.2 Å². The quantitative estimate of drug-likeness (QED) is 0.857. The standard InChI is InChI=1S/C18H26N4O3S/c1-4-22-13(2)11-14-12-16(5-6-17(14)22)20-18(23)19-15-7-9-21(10-8-15)26(3,24)25/h5-6,11-12,15H,4,7-10H2,1-3H3,(H2,19,20,23). The topological polar surface area (TPSA) is 83.4 Å². The Morgan fingerprint density at radius 1 is 1.23 bits per heavy atom. The third kappa shape index (κ3) is 4.02. The van der Waals surface area contributed by atoms with Gasteiger partial charge in [0, 0.05) is 48.0 Å². The molecule has 0 unspecified atom stereocenters. The molecule has 1 fully saturated rings. The number of sulfonamides is 1. The maximum atomic E-state index is 12.3. The number of hydrogen-bond donors (Lipinski definition) is 2. The lowest BCUT2D eigenvalue weighted by Crippen LogP contribution is -2.47. The Bertz CT molecular complexity index is 912. The molecular formula is C18H26N4O3S. The third-order valence-corrected chi connectivity index (χ3v) is 6.24. The summed E-state index contributed by atoms with van der Waals surface area (Å²) in [7, 11) is -3.15. The fourth-order valence-electron chi connectivity index (χ4n) is 3.59. The van der Waals surface area contributed by atoms with Crippen LogP contribution in [0.1, 0.15) is 25.5 Å². The number of anilines is 1. The first-order valence-electron chi connectivity index (χ1n) is 8.90. The van der Waals surface area contributed by atoms with Crippen molar-refractivity contribution in [1.29, 1.82) is 0 Å². The molecule has 0 bridgehead atoms. The molecule has 1 saturated heterocycles. The Morgan fingerprint density at radius 3 is 2.54 bits per heavy atom. The zero-order valence-corrected chi connectivity index (χ0v) is 16.3. The van der Waals surface area contributed by atoms with E-state index in [2.05, 4.69) is 35.1 Å². The van der Waals surface area contributed by atoms with Gasteiger partial charge >= 0.3 is 6.03 Å². The highest BCUT2D eigenvalue weighted by molar-refractivity contribution is 7.88. The van der Waals surface area contributed by atoms with Crippen LogP contribution in [0, 0.1) is 6.92 Å². The number of urea groups is 1. The van der Waals surface area contributed by atoms with Gasteiger partial charge in [0.2, 0.25) is 10.0 Å². The molecule has 7 nitrogen and oxygen atoms in total. The van der Waals surface area contributed by atoms with Crippen LogP contribution in [0.5, 0.6) is 0 Å². The number of rotatable bonds is 4. The molecule has 1 aliphatic rings. The number of nitrogens with one attached hydrogen (secondary N) is 2. The van der Waals surface area contributed by atoms with Gasteiger partial charge in [-0.25, -0.2) is 17.5 Å². The average Bonchev–Trinajstić information content (AvgIpc) is 2.88. The van der Waals surface area contributed by atoms with Crippen LogP contribution in [0.15, 0.2) is 24.3 Å². The van der Waals surface area contributed by atoms with Crippen molar-refractivity contribution in [1.82, 2.24) is 14.2 Å². The molecule has 0 atom stereocenters. The van der Waals surface area contributed by atoms with Gasteiger partial charge in [-0.1, -0.05) is 0 Å². The fourth-order valence-corrected chi connectivity index (χ4v) is 4.46. The number of carbonyl (C=O) groups excluding carboxylic acids is 1. The predicted octanol–water partition coefficient (Wildman–Crippen LogP) is 2.52. The smallest absolute Gasteiger partial charge is 0.319 e. The largest absolute Gasteiger partial charge is 0.345 e. The van der Waals surface area contributed by atoms with Gasteiger partial charge in [-0.15, -0.1) is 0 Å². The minimum atomic E-state index is -3.15. The Kier molecular flexibility index (Phi) is 5.24. The minimum absolute atomic E-state index is 0.0137. The lowest BCUT2D eigenvalue weighted by Gasteiger charge is -2.30. The maximum absolute atomic E-state index is 12.3.